The molecule has 2 aromatic rings. The van der Waals surface area contributed by atoms with E-state index in [1.54, 1.807) is 10.8 Å². The molecule has 0 radical (unpaired) electrons. The third-order valence-electron chi connectivity index (χ3n) is 4.19. The molecule has 3 rings (SSSR count). The molecule has 1 aliphatic heterocycles. The normalized spacial score (nSPS) is 17.4. The maximum Gasteiger partial charge on any atom is 0.0715 e. The second-order valence-electron chi connectivity index (χ2n) is 5.45. The first-order valence-corrected chi connectivity index (χ1v) is 10.2. The van der Waals surface area contributed by atoms with E-state index in [0.29, 0.717) is 0 Å². The average molecular weight is 331 g/mol. The number of hydrogen-bond acceptors (Lipinski definition) is 0. The van der Waals surface area contributed by atoms with E-state index in [-0.39, 0.29) is 0 Å². The Labute approximate surface area is 125 Å². The quantitative estimate of drug-likeness (QED) is 0.741. The van der Waals surface area contributed by atoms with Crippen molar-refractivity contribution in [2.45, 2.75) is 31.4 Å². The van der Waals surface area contributed by atoms with E-state index in [9.17, 15) is 0 Å². The first kappa shape index (κ1) is 13.1. The molecule has 0 spiro atoms. The minimum absolute atomic E-state index is 0.639. The van der Waals surface area contributed by atoms with Crippen molar-refractivity contribution in [3.05, 3.63) is 64.1 Å². The van der Waals surface area contributed by atoms with Crippen LogP contribution in [0.4, 0.5) is 0 Å². The summed E-state index contributed by atoms with van der Waals surface area (Å²) in [5, 5.41) is 1.75. The first-order valence-electron chi connectivity index (χ1n) is 7.15. The second kappa shape index (κ2) is 6.06. The van der Waals surface area contributed by atoms with Gasteiger partial charge in [0.25, 0.3) is 0 Å². The summed E-state index contributed by atoms with van der Waals surface area (Å²) < 4.78 is 1.18. The van der Waals surface area contributed by atoms with Gasteiger partial charge in [-0.2, -0.15) is 0 Å². The molecule has 0 aliphatic carbocycles. The molecule has 0 unspecified atom stereocenters. The van der Waals surface area contributed by atoms with E-state index >= 15 is 0 Å². The van der Waals surface area contributed by atoms with Gasteiger partial charge in [-0.05, 0) is 36.1 Å². The van der Waals surface area contributed by atoms with Crippen LogP contribution in [0.2, 0.25) is 12.1 Å². The number of rotatable bonds is 4. The van der Waals surface area contributed by atoms with Crippen molar-refractivity contribution in [2.75, 3.05) is 0 Å². The van der Waals surface area contributed by atoms with Gasteiger partial charge in [0, 0.05) is 4.47 Å². The summed E-state index contributed by atoms with van der Waals surface area (Å²) in [6, 6.07) is 20.9. The summed E-state index contributed by atoms with van der Waals surface area (Å²) >= 11 is 3.49. The molecule has 98 valence electrons. The van der Waals surface area contributed by atoms with Crippen LogP contribution in [-0.4, -0.2) is 8.80 Å². The fourth-order valence-corrected chi connectivity index (χ4v) is 6.83. The predicted octanol–water partition coefficient (Wildman–Crippen LogP) is 4.07. The molecule has 1 aliphatic rings. The van der Waals surface area contributed by atoms with Crippen molar-refractivity contribution in [2.24, 2.45) is 0 Å². The molecule has 0 N–H and O–H groups in total. The standard InChI is InChI=1S/C17H19BrSi/c18-16-9-7-14(8-10-16)4-3-12-19-13-11-15-5-1-2-6-17(15)19/h1-2,5-10,19H,3-4,11-13H2/t19-/m0/s1. The van der Waals surface area contributed by atoms with Crippen molar-refractivity contribution < 1.29 is 0 Å². The van der Waals surface area contributed by atoms with Gasteiger partial charge in [0.1, 0.15) is 0 Å². The second-order valence-corrected chi connectivity index (χ2v) is 9.54. The minimum Gasteiger partial charge on any atom is -0.0631 e. The lowest BCUT2D eigenvalue weighted by Gasteiger charge is -2.09. The molecule has 0 fully saturated rings. The van der Waals surface area contributed by atoms with Gasteiger partial charge in [0.05, 0.1) is 8.80 Å². The van der Waals surface area contributed by atoms with Crippen LogP contribution < -0.4 is 5.19 Å². The molecule has 0 nitrogen and oxygen atoms in total. The van der Waals surface area contributed by atoms with Gasteiger partial charge < -0.3 is 0 Å². The topological polar surface area (TPSA) is 0 Å². The highest BCUT2D eigenvalue weighted by molar-refractivity contribution is 9.10. The SMILES string of the molecule is Brc1ccc(CCC[Si@H]2CCc3ccccc32)cc1. The smallest absolute Gasteiger partial charge is 0.0631 e. The molecule has 0 saturated carbocycles. The van der Waals surface area contributed by atoms with Crippen LogP contribution in [0.25, 0.3) is 0 Å². The Morgan fingerprint density at radius 1 is 1.00 bits per heavy atom. The highest BCUT2D eigenvalue weighted by Gasteiger charge is 2.22. The lowest BCUT2D eigenvalue weighted by molar-refractivity contribution is 0.907. The summed E-state index contributed by atoms with van der Waals surface area (Å²) in [5.74, 6) is 0. The lowest BCUT2D eigenvalue weighted by atomic mass is 10.1. The number of fused-ring (bicyclic) bond motifs is 1. The molecule has 0 bridgehead atoms. The van der Waals surface area contributed by atoms with Gasteiger partial charge in [-0.1, -0.05) is 76.0 Å². The Kier molecular flexibility index (Phi) is 4.19. The van der Waals surface area contributed by atoms with Crippen molar-refractivity contribution in [3.63, 3.8) is 0 Å². The maximum atomic E-state index is 3.49. The molecule has 19 heavy (non-hydrogen) atoms. The molecule has 1 atom stereocenters. The van der Waals surface area contributed by atoms with Crippen LogP contribution in [0.15, 0.2) is 53.0 Å². The summed E-state index contributed by atoms with van der Waals surface area (Å²) in [7, 11) is -0.639. The molecule has 1 heterocycles. The number of halogens is 1. The number of benzene rings is 2. The highest BCUT2D eigenvalue weighted by Crippen LogP contribution is 2.19. The van der Waals surface area contributed by atoms with E-state index in [1.807, 2.05) is 0 Å². The van der Waals surface area contributed by atoms with Gasteiger partial charge in [-0.3, -0.25) is 0 Å². The van der Waals surface area contributed by atoms with Crippen LogP contribution in [0.3, 0.4) is 0 Å². The zero-order valence-electron chi connectivity index (χ0n) is 11.1. The van der Waals surface area contributed by atoms with Gasteiger partial charge >= 0.3 is 0 Å². The molecule has 0 aromatic heterocycles. The predicted molar refractivity (Wildman–Crippen MR) is 89.0 cm³/mol. The fourth-order valence-electron chi connectivity index (χ4n) is 3.15. The van der Waals surface area contributed by atoms with Crippen LogP contribution in [0, 0.1) is 0 Å². The van der Waals surface area contributed by atoms with Crippen LogP contribution in [-0.2, 0) is 12.8 Å². The third-order valence-corrected chi connectivity index (χ3v) is 8.25. The Hall–Kier alpha value is -0.863. The molecule has 0 amide bonds. The van der Waals surface area contributed by atoms with Gasteiger partial charge in [-0.15, -0.1) is 0 Å². The van der Waals surface area contributed by atoms with E-state index in [1.165, 1.54) is 41.4 Å². The molecule has 2 aromatic carbocycles. The Balaban J connectivity index is 1.55. The highest BCUT2D eigenvalue weighted by atomic mass is 79.9. The summed E-state index contributed by atoms with van der Waals surface area (Å²) in [6.45, 7) is 0. The average Bonchev–Trinajstić information content (AvgIpc) is 2.85. The van der Waals surface area contributed by atoms with Gasteiger partial charge in [0.15, 0.2) is 0 Å². The van der Waals surface area contributed by atoms with E-state index in [2.05, 4.69) is 64.5 Å². The van der Waals surface area contributed by atoms with E-state index in [0.717, 1.165) is 0 Å². The third kappa shape index (κ3) is 3.18. The van der Waals surface area contributed by atoms with E-state index in [4.69, 9.17) is 0 Å². The van der Waals surface area contributed by atoms with Crippen molar-refractivity contribution in [3.8, 4) is 0 Å². The van der Waals surface area contributed by atoms with Crippen molar-refractivity contribution in [1.29, 1.82) is 0 Å². The zero-order valence-corrected chi connectivity index (χ0v) is 13.9. The summed E-state index contributed by atoms with van der Waals surface area (Å²) in [5.41, 5.74) is 3.12. The van der Waals surface area contributed by atoms with Crippen LogP contribution in [0.1, 0.15) is 17.5 Å². The van der Waals surface area contributed by atoms with Gasteiger partial charge in [0.2, 0.25) is 0 Å². The first-order chi connectivity index (χ1) is 9.33. The Morgan fingerprint density at radius 2 is 1.79 bits per heavy atom. The van der Waals surface area contributed by atoms with E-state index < -0.39 is 8.80 Å². The summed E-state index contributed by atoms with van der Waals surface area (Å²) in [6.07, 6.45) is 3.93. The monoisotopic (exact) mass is 330 g/mol. The minimum atomic E-state index is -0.639. The Morgan fingerprint density at radius 3 is 2.63 bits per heavy atom. The van der Waals surface area contributed by atoms with Crippen LogP contribution in [0.5, 0.6) is 0 Å². The van der Waals surface area contributed by atoms with Gasteiger partial charge in [-0.25, -0.2) is 0 Å². The van der Waals surface area contributed by atoms with Crippen molar-refractivity contribution in [1.82, 2.24) is 0 Å². The van der Waals surface area contributed by atoms with Crippen LogP contribution >= 0.6 is 15.9 Å². The lowest BCUT2D eigenvalue weighted by Crippen LogP contribution is -2.25. The molecule has 0 saturated heterocycles. The Bertz CT molecular complexity index is 547. The largest absolute Gasteiger partial charge is 0.0715 e. The summed E-state index contributed by atoms with van der Waals surface area (Å²) in [4.78, 5) is 0. The molecule has 2 heteroatoms. The molecular formula is C17H19BrSi. The van der Waals surface area contributed by atoms with Crippen molar-refractivity contribution >= 4 is 29.9 Å². The maximum absolute atomic E-state index is 3.49. The zero-order chi connectivity index (χ0) is 13.1. The number of hydrogen-bond donors (Lipinski definition) is 0. The molecular weight excluding hydrogens is 312 g/mol. The number of aryl methyl sites for hydroxylation is 2. The fraction of sp³-hybridized carbons (Fsp3) is 0.294.